The Morgan fingerprint density at radius 3 is 2.53 bits per heavy atom. The molecule has 7 heteroatoms. The number of carboxylic acid groups (broad SMARTS) is 1. The van der Waals surface area contributed by atoms with Gasteiger partial charge < -0.3 is 15.3 Å². The van der Waals surface area contributed by atoms with Crippen LogP contribution < -0.4 is 5.32 Å². The van der Waals surface area contributed by atoms with Gasteiger partial charge >= 0.3 is 5.97 Å². The van der Waals surface area contributed by atoms with Crippen LogP contribution in [-0.2, 0) is 4.79 Å². The summed E-state index contributed by atoms with van der Waals surface area (Å²) in [7, 11) is 3.17. The largest absolute Gasteiger partial charge is 0.477 e. The normalized spacial score (nSPS) is 11.5. The SMILES string of the molecule is CC(NC(=O)c1ccnc(C(=O)O)c1)C(=O)N(C)C. The molecule has 0 aliphatic carbocycles. The van der Waals surface area contributed by atoms with Gasteiger partial charge in [-0.2, -0.15) is 0 Å². The van der Waals surface area contributed by atoms with Crippen molar-refractivity contribution < 1.29 is 19.5 Å². The van der Waals surface area contributed by atoms with Crippen molar-refractivity contribution in [2.45, 2.75) is 13.0 Å². The zero-order valence-electron chi connectivity index (χ0n) is 10.9. The average molecular weight is 265 g/mol. The van der Waals surface area contributed by atoms with E-state index in [-0.39, 0.29) is 17.2 Å². The topological polar surface area (TPSA) is 99.6 Å². The lowest BCUT2D eigenvalue weighted by Gasteiger charge is -2.17. The fraction of sp³-hybridized carbons (Fsp3) is 0.333. The number of amides is 2. The Balaban J connectivity index is 2.81. The van der Waals surface area contributed by atoms with Crippen molar-refractivity contribution >= 4 is 17.8 Å². The van der Waals surface area contributed by atoms with Crippen molar-refractivity contribution in [3.8, 4) is 0 Å². The Hall–Kier alpha value is -2.44. The van der Waals surface area contributed by atoms with E-state index in [1.54, 1.807) is 21.0 Å². The Labute approximate surface area is 110 Å². The third-order valence-electron chi connectivity index (χ3n) is 2.40. The molecule has 0 spiro atoms. The van der Waals surface area contributed by atoms with Gasteiger partial charge in [0.2, 0.25) is 5.91 Å². The minimum atomic E-state index is -1.22. The second kappa shape index (κ2) is 5.94. The maximum Gasteiger partial charge on any atom is 0.354 e. The number of carboxylic acids is 1. The maximum atomic E-state index is 11.9. The Kier molecular flexibility index (Phi) is 4.57. The quantitative estimate of drug-likeness (QED) is 0.797. The number of aromatic carboxylic acids is 1. The van der Waals surface area contributed by atoms with Gasteiger partial charge in [0.25, 0.3) is 5.91 Å². The van der Waals surface area contributed by atoms with Crippen LogP contribution in [0.2, 0.25) is 0 Å². The fourth-order valence-electron chi connectivity index (χ4n) is 1.42. The van der Waals surface area contributed by atoms with Crippen LogP contribution in [0.5, 0.6) is 0 Å². The van der Waals surface area contributed by atoms with Gasteiger partial charge in [-0.15, -0.1) is 0 Å². The highest BCUT2D eigenvalue weighted by atomic mass is 16.4. The lowest BCUT2D eigenvalue weighted by Crippen LogP contribution is -2.44. The van der Waals surface area contributed by atoms with Crippen LogP contribution in [0.15, 0.2) is 18.3 Å². The molecule has 1 aromatic heterocycles. The predicted octanol–water partition coefficient (Wildman–Crippen LogP) is -0.0137. The number of nitrogens with zero attached hydrogens (tertiary/aromatic N) is 2. The van der Waals surface area contributed by atoms with E-state index in [1.807, 2.05) is 0 Å². The van der Waals surface area contributed by atoms with E-state index in [0.717, 1.165) is 6.07 Å². The van der Waals surface area contributed by atoms with Crippen molar-refractivity contribution in [1.82, 2.24) is 15.2 Å². The van der Waals surface area contributed by atoms with E-state index in [0.29, 0.717) is 0 Å². The molecule has 1 heterocycles. The van der Waals surface area contributed by atoms with Crippen LogP contribution in [0.25, 0.3) is 0 Å². The zero-order valence-corrected chi connectivity index (χ0v) is 10.9. The van der Waals surface area contributed by atoms with Crippen LogP contribution in [0.1, 0.15) is 27.8 Å². The summed E-state index contributed by atoms with van der Waals surface area (Å²) < 4.78 is 0. The van der Waals surface area contributed by atoms with Crippen molar-refractivity contribution in [2.75, 3.05) is 14.1 Å². The van der Waals surface area contributed by atoms with Crippen molar-refractivity contribution in [1.29, 1.82) is 0 Å². The number of pyridine rings is 1. The maximum absolute atomic E-state index is 11.9. The molecule has 0 saturated heterocycles. The number of likely N-dealkylation sites (N-methyl/N-ethyl adjacent to an activating group) is 1. The number of carbonyl (C=O) groups is 3. The van der Waals surface area contributed by atoms with Gasteiger partial charge in [0.1, 0.15) is 11.7 Å². The lowest BCUT2D eigenvalue weighted by atomic mass is 10.2. The van der Waals surface area contributed by atoms with E-state index in [9.17, 15) is 14.4 Å². The molecule has 1 aromatic rings. The summed E-state index contributed by atoms with van der Waals surface area (Å²) >= 11 is 0. The van der Waals surface area contributed by atoms with E-state index in [2.05, 4.69) is 10.3 Å². The third-order valence-corrected chi connectivity index (χ3v) is 2.40. The highest BCUT2D eigenvalue weighted by molar-refractivity contribution is 5.98. The third kappa shape index (κ3) is 3.77. The molecule has 1 unspecified atom stereocenters. The summed E-state index contributed by atoms with van der Waals surface area (Å²) in [6.07, 6.45) is 1.23. The van der Waals surface area contributed by atoms with Gasteiger partial charge in [-0.1, -0.05) is 0 Å². The minimum absolute atomic E-state index is 0.144. The van der Waals surface area contributed by atoms with Gasteiger partial charge in [-0.3, -0.25) is 9.59 Å². The Bertz CT molecular complexity index is 513. The summed E-state index contributed by atoms with van der Waals surface area (Å²) in [4.78, 5) is 39.2. The van der Waals surface area contributed by atoms with Crippen LogP contribution in [0, 0.1) is 0 Å². The molecule has 1 atom stereocenters. The van der Waals surface area contributed by atoms with Crippen LogP contribution in [0.3, 0.4) is 0 Å². The molecule has 0 aliphatic rings. The molecule has 0 aromatic carbocycles. The zero-order chi connectivity index (χ0) is 14.6. The van der Waals surface area contributed by atoms with E-state index < -0.39 is 17.9 Å². The smallest absolute Gasteiger partial charge is 0.354 e. The number of aromatic nitrogens is 1. The first-order chi connectivity index (χ1) is 8.82. The molecule has 7 nitrogen and oxygen atoms in total. The standard InChI is InChI=1S/C12H15N3O4/c1-7(11(17)15(2)3)14-10(16)8-4-5-13-9(6-8)12(18)19/h4-7H,1-3H3,(H,14,16)(H,18,19). The summed E-state index contributed by atoms with van der Waals surface area (Å²) in [5, 5.41) is 11.3. The minimum Gasteiger partial charge on any atom is -0.477 e. The lowest BCUT2D eigenvalue weighted by molar-refractivity contribution is -0.130. The highest BCUT2D eigenvalue weighted by Crippen LogP contribution is 2.03. The molecule has 0 aliphatic heterocycles. The monoisotopic (exact) mass is 265 g/mol. The summed E-state index contributed by atoms with van der Waals surface area (Å²) in [6.45, 7) is 1.56. The molecule has 2 N–H and O–H groups in total. The van der Waals surface area contributed by atoms with E-state index >= 15 is 0 Å². The van der Waals surface area contributed by atoms with Gasteiger partial charge in [0.15, 0.2) is 0 Å². The number of nitrogens with one attached hydrogen (secondary N) is 1. The molecule has 0 saturated carbocycles. The Morgan fingerprint density at radius 2 is 2.00 bits per heavy atom. The van der Waals surface area contributed by atoms with Crippen molar-refractivity contribution in [2.24, 2.45) is 0 Å². The number of hydrogen-bond acceptors (Lipinski definition) is 4. The molecule has 1 rings (SSSR count). The fourth-order valence-corrected chi connectivity index (χ4v) is 1.42. The van der Waals surface area contributed by atoms with Crippen LogP contribution in [0.4, 0.5) is 0 Å². The summed E-state index contributed by atoms with van der Waals surface area (Å²) in [6, 6.07) is 1.85. The molecular weight excluding hydrogens is 250 g/mol. The van der Waals surface area contributed by atoms with Crippen LogP contribution >= 0.6 is 0 Å². The molecule has 0 radical (unpaired) electrons. The number of rotatable bonds is 4. The van der Waals surface area contributed by atoms with Crippen molar-refractivity contribution in [3.63, 3.8) is 0 Å². The summed E-state index contributed by atoms with van der Waals surface area (Å²) in [5.41, 5.74) is -0.0787. The average Bonchev–Trinajstić information content (AvgIpc) is 2.37. The first-order valence-electron chi connectivity index (χ1n) is 5.54. The number of carbonyl (C=O) groups excluding carboxylic acids is 2. The first-order valence-corrected chi connectivity index (χ1v) is 5.54. The number of hydrogen-bond donors (Lipinski definition) is 2. The first kappa shape index (κ1) is 14.6. The van der Waals surface area contributed by atoms with Gasteiger partial charge in [-0.05, 0) is 19.1 Å². The van der Waals surface area contributed by atoms with Crippen LogP contribution in [-0.4, -0.2) is 52.9 Å². The molecule has 19 heavy (non-hydrogen) atoms. The van der Waals surface area contributed by atoms with Gasteiger partial charge in [0.05, 0.1) is 0 Å². The molecule has 2 amide bonds. The second-order valence-electron chi connectivity index (χ2n) is 4.16. The highest BCUT2D eigenvalue weighted by Gasteiger charge is 2.18. The molecule has 102 valence electrons. The second-order valence-corrected chi connectivity index (χ2v) is 4.16. The van der Waals surface area contributed by atoms with Crippen molar-refractivity contribution in [3.05, 3.63) is 29.6 Å². The van der Waals surface area contributed by atoms with Gasteiger partial charge in [-0.25, -0.2) is 9.78 Å². The van der Waals surface area contributed by atoms with E-state index in [4.69, 9.17) is 5.11 Å². The summed E-state index contributed by atoms with van der Waals surface area (Å²) in [5.74, 6) is -1.99. The van der Waals surface area contributed by atoms with Gasteiger partial charge in [0, 0.05) is 25.9 Å². The predicted molar refractivity (Wildman–Crippen MR) is 66.8 cm³/mol. The Morgan fingerprint density at radius 1 is 1.37 bits per heavy atom. The molecular formula is C12H15N3O4. The molecule has 0 fully saturated rings. The van der Waals surface area contributed by atoms with E-state index in [1.165, 1.54) is 17.2 Å². The molecule has 0 bridgehead atoms.